The van der Waals surface area contributed by atoms with Crippen molar-refractivity contribution in [2.75, 3.05) is 13.7 Å². The molecule has 0 spiro atoms. The van der Waals surface area contributed by atoms with E-state index in [0.29, 0.717) is 21.9 Å². The maximum atomic E-state index is 13.4. The average molecular weight is 548 g/mol. The second-order valence-corrected chi connectivity index (χ2v) is 10.1. The molecule has 0 N–H and O–H groups in total. The SMILES string of the molecule is C=CCOc1ccc(-c2nc3s/c(=C\c4cn(-c5ccccc5)nc4-c4ccc(OC)c(C)c4)c(=O)n3n2)cc1. The Morgan fingerprint density at radius 3 is 2.48 bits per heavy atom. The highest BCUT2D eigenvalue weighted by atomic mass is 32.1. The number of ether oxygens (including phenoxy) is 2. The number of rotatable bonds is 8. The number of aryl methyl sites for hydroxylation is 1. The summed E-state index contributed by atoms with van der Waals surface area (Å²) in [5, 5.41) is 9.38. The first-order valence-electron chi connectivity index (χ1n) is 12.6. The molecule has 3 aromatic heterocycles. The highest BCUT2D eigenvalue weighted by Gasteiger charge is 2.16. The summed E-state index contributed by atoms with van der Waals surface area (Å²) >= 11 is 1.30. The normalized spacial score (nSPS) is 11.7. The van der Waals surface area contributed by atoms with E-state index in [1.54, 1.807) is 13.2 Å². The predicted molar refractivity (Wildman–Crippen MR) is 157 cm³/mol. The standard InChI is InChI=1S/C31H25N5O3S/c1-4-16-39-25-13-10-21(11-14-25)29-32-31-36(34-29)30(37)27(40-31)18-23-19-35(24-8-6-5-7-9-24)33-28(23)22-12-15-26(38-3)20(2)17-22/h4-15,17-19H,1,16H2,2-3H3/b27-18-. The Kier molecular flexibility index (Phi) is 6.71. The third-order valence-electron chi connectivity index (χ3n) is 6.38. The summed E-state index contributed by atoms with van der Waals surface area (Å²) in [5.41, 5.74) is 4.98. The van der Waals surface area contributed by atoms with Crippen molar-refractivity contribution in [1.82, 2.24) is 24.4 Å². The van der Waals surface area contributed by atoms with Crippen LogP contribution in [0.25, 0.3) is 39.4 Å². The van der Waals surface area contributed by atoms with Gasteiger partial charge in [-0.2, -0.15) is 14.6 Å². The number of hydrogen-bond acceptors (Lipinski definition) is 7. The summed E-state index contributed by atoms with van der Waals surface area (Å²) in [7, 11) is 1.65. The second-order valence-electron chi connectivity index (χ2n) is 9.07. The van der Waals surface area contributed by atoms with Crippen LogP contribution in [0.15, 0.2) is 96.4 Å². The lowest BCUT2D eigenvalue weighted by Crippen LogP contribution is -2.23. The molecule has 0 aliphatic heterocycles. The van der Waals surface area contributed by atoms with Crippen molar-refractivity contribution in [2.24, 2.45) is 0 Å². The zero-order valence-electron chi connectivity index (χ0n) is 21.9. The lowest BCUT2D eigenvalue weighted by Gasteiger charge is -2.06. The highest BCUT2D eigenvalue weighted by molar-refractivity contribution is 7.15. The molecule has 0 radical (unpaired) electrons. The van der Waals surface area contributed by atoms with E-state index in [-0.39, 0.29) is 5.56 Å². The van der Waals surface area contributed by atoms with Crippen LogP contribution >= 0.6 is 11.3 Å². The fourth-order valence-electron chi connectivity index (χ4n) is 4.41. The number of fused-ring (bicyclic) bond motifs is 1. The van der Waals surface area contributed by atoms with Crippen molar-refractivity contribution in [2.45, 2.75) is 6.92 Å². The summed E-state index contributed by atoms with van der Waals surface area (Å²) in [6.45, 7) is 6.08. The molecule has 0 bridgehead atoms. The third kappa shape index (κ3) is 4.78. The van der Waals surface area contributed by atoms with E-state index in [9.17, 15) is 4.79 Å². The minimum absolute atomic E-state index is 0.228. The molecule has 0 saturated heterocycles. The fraction of sp³-hybridized carbons (Fsp3) is 0.0968. The summed E-state index contributed by atoms with van der Waals surface area (Å²) in [4.78, 5) is 18.5. The van der Waals surface area contributed by atoms with Crippen LogP contribution in [0.1, 0.15) is 11.1 Å². The number of methoxy groups -OCH3 is 1. The van der Waals surface area contributed by atoms with Crippen LogP contribution in [0.5, 0.6) is 11.5 Å². The molecule has 0 unspecified atom stereocenters. The molecule has 0 aliphatic rings. The van der Waals surface area contributed by atoms with Crippen LogP contribution in [0.2, 0.25) is 0 Å². The van der Waals surface area contributed by atoms with E-state index in [2.05, 4.69) is 16.7 Å². The molecule has 6 rings (SSSR count). The lowest BCUT2D eigenvalue weighted by molar-refractivity contribution is 0.363. The molecule has 0 fully saturated rings. The molecule has 8 nitrogen and oxygen atoms in total. The number of benzene rings is 3. The molecule has 6 aromatic rings. The Balaban J connectivity index is 1.41. The van der Waals surface area contributed by atoms with Crippen LogP contribution < -0.4 is 19.6 Å². The molecule has 3 aromatic carbocycles. The smallest absolute Gasteiger partial charge is 0.291 e. The van der Waals surface area contributed by atoms with Crippen molar-refractivity contribution < 1.29 is 9.47 Å². The van der Waals surface area contributed by atoms with Crippen LogP contribution in [-0.4, -0.2) is 38.1 Å². The zero-order valence-corrected chi connectivity index (χ0v) is 22.8. The Morgan fingerprint density at radius 1 is 1.00 bits per heavy atom. The molecule has 0 saturated carbocycles. The Hall–Kier alpha value is -5.02. The average Bonchev–Trinajstić information content (AvgIpc) is 3.67. The molecule has 9 heteroatoms. The van der Waals surface area contributed by atoms with Gasteiger partial charge in [-0.3, -0.25) is 4.79 Å². The van der Waals surface area contributed by atoms with Gasteiger partial charge < -0.3 is 9.47 Å². The van der Waals surface area contributed by atoms with Crippen molar-refractivity contribution in [3.8, 4) is 39.8 Å². The van der Waals surface area contributed by atoms with Gasteiger partial charge in [0.15, 0.2) is 5.82 Å². The number of hydrogen-bond donors (Lipinski definition) is 0. The van der Waals surface area contributed by atoms with Crippen LogP contribution in [0.4, 0.5) is 0 Å². The fourth-order valence-corrected chi connectivity index (χ4v) is 5.31. The minimum Gasteiger partial charge on any atom is -0.496 e. The van der Waals surface area contributed by atoms with E-state index in [1.165, 1.54) is 15.9 Å². The largest absolute Gasteiger partial charge is 0.496 e. The van der Waals surface area contributed by atoms with Gasteiger partial charge in [-0.25, -0.2) is 4.68 Å². The maximum Gasteiger partial charge on any atom is 0.291 e. The van der Waals surface area contributed by atoms with Gasteiger partial charge in [0.1, 0.15) is 23.8 Å². The van der Waals surface area contributed by atoms with Crippen LogP contribution in [0.3, 0.4) is 0 Å². The third-order valence-corrected chi connectivity index (χ3v) is 7.34. The van der Waals surface area contributed by atoms with Crippen LogP contribution in [0, 0.1) is 6.92 Å². The monoisotopic (exact) mass is 547 g/mol. The molecule has 0 aliphatic carbocycles. The minimum atomic E-state index is -0.228. The number of aromatic nitrogens is 5. The summed E-state index contributed by atoms with van der Waals surface area (Å²) < 4.78 is 14.7. The van der Waals surface area contributed by atoms with Crippen molar-refractivity contribution in [1.29, 1.82) is 0 Å². The Bertz CT molecular complexity index is 1940. The predicted octanol–water partition coefficient (Wildman–Crippen LogP) is 5.10. The van der Waals surface area contributed by atoms with E-state index < -0.39 is 0 Å². The Morgan fingerprint density at radius 2 is 1.77 bits per heavy atom. The topological polar surface area (TPSA) is 83.5 Å². The van der Waals surface area contributed by atoms with Crippen molar-refractivity contribution in [3.05, 3.63) is 118 Å². The van der Waals surface area contributed by atoms with Crippen molar-refractivity contribution in [3.63, 3.8) is 0 Å². The van der Waals surface area contributed by atoms with Gasteiger partial charge in [0.2, 0.25) is 4.96 Å². The van der Waals surface area contributed by atoms with E-state index >= 15 is 0 Å². The van der Waals surface area contributed by atoms with E-state index in [1.807, 2.05) is 96.7 Å². The van der Waals surface area contributed by atoms with E-state index in [0.717, 1.165) is 45.1 Å². The quantitative estimate of drug-likeness (QED) is 0.247. The molecule has 198 valence electrons. The first kappa shape index (κ1) is 25.3. The molecular weight excluding hydrogens is 522 g/mol. The van der Waals surface area contributed by atoms with Crippen molar-refractivity contribution >= 4 is 22.4 Å². The lowest BCUT2D eigenvalue weighted by atomic mass is 10.0. The first-order chi connectivity index (χ1) is 19.5. The van der Waals surface area contributed by atoms with Gasteiger partial charge in [-0.15, -0.1) is 5.10 Å². The van der Waals surface area contributed by atoms with Gasteiger partial charge in [-0.05, 0) is 73.2 Å². The molecular formula is C31H25N5O3S. The molecule has 40 heavy (non-hydrogen) atoms. The molecule has 3 heterocycles. The Labute approximate surface area is 234 Å². The highest BCUT2D eigenvalue weighted by Crippen LogP contribution is 2.29. The summed E-state index contributed by atoms with van der Waals surface area (Å²) in [5.74, 6) is 2.01. The van der Waals surface area contributed by atoms with Gasteiger partial charge >= 0.3 is 0 Å². The van der Waals surface area contributed by atoms with Gasteiger partial charge in [0.05, 0.1) is 17.3 Å². The molecule has 0 atom stereocenters. The number of thiazole rings is 1. The zero-order chi connectivity index (χ0) is 27.6. The summed E-state index contributed by atoms with van der Waals surface area (Å²) in [6, 6.07) is 23.2. The summed E-state index contributed by atoms with van der Waals surface area (Å²) in [6.07, 6.45) is 5.48. The van der Waals surface area contributed by atoms with E-state index in [4.69, 9.17) is 14.6 Å². The number of para-hydroxylation sites is 1. The van der Waals surface area contributed by atoms with Crippen LogP contribution in [-0.2, 0) is 0 Å². The van der Waals surface area contributed by atoms with Gasteiger partial charge in [0.25, 0.3) is 5.56 Å². The van der Waals surface area contributed by atoms with Gasteiger partial charge in [0, 0.05) is 22.9 Å². The second kappa shape index (κ2) is 10.6. The maximum absolute atomic E-state index is 13.4. The van der Waals surface area contributed by atoms with Gasteiger partial charge in [-0.1, -0.05) is 42.2 Å². The number of nitrogens with zero attached hydrogens (tertiary/aromatic N) is 5. The first-order valence-corrected chi connectivity index (χ1v) is 13.4. The molecule has 0 amide bonds.